The first-order chi connectivity index (χ1) is 10.6. The van der Waals surface area contributed by atoms with E-state index < -0.39 is 0 Å². The van der Waals surface area contributed by atoms with Gasteiger partial charge in [-0.3, -0.25) is 0 Å². The number of fused-ring (bicyclic) bond motifs is 1. The van der Waals surface area contributed by atoms with Crippen molar-refractivity contribution in [2.24, 2.45) is 0 Å². The minimum atomic E-state index is 0.555. The molecule has 1 N–H and O–H groups in total. The number of benzene rings is 2. The van der Waals surface area contributed by atoms with Gasteiger partial charge in [0.05, 0.1) is 0 Å². The van der Waals surface area contributed by atoms with E-state index in [-0.39, 0.29) is 0 Å². The largest absolute Gasteiger partial charge is 0.344 e. The molecule has 2 nitrogen and oxygen atoms in total. The van der Waals surface area contributed by atoms with Crippen LogP contribution in [0, 0.1) is 0 Å². The van der Waals surface area contributed by atoms with Crippen LogP contribution < -0.4 is 5.32 Å². The zero-order valence-corrected chi connectivity index (χ0v) is 14.0. The average molecular weight is 310 g/mol. The molecule has 0 spiro atoms. The van der Waals surface area contributed by atoms with E-state index in [4.69, 9.17) is 12.2 Å². The summed E-state index contributed by atoms with van der Waals surface area (Å²) in [5.41, 5.74) is 5.24. The Bertz CT molecular complexity index is 661. The highest BCUT2D eigenvalue weighted by atomic mass is 32.1. The fraction of sp³-hybridized carbons (Fsp3) is 0.316. The van der Waals surface area contributed by atoms with Gasteiger partial charge < -0.3 is 10.2 Å². The molecule has 0 radical (unpaired) electrons. The Kier molecular flexibility index (Phi) is 4.44. The van der Waals surface area contributed by atoms with E-state index in [0.717, 1.165) is 30.3 Å². The van der Waals surface area contributed by atoms with Gasteiger partial charge in [-0.1, -0.05) is 50.2 Å². The molecule has 0 bridgehead atoms. The number of nitrogens with one attached hydrogen (secondary N) is 1. The first-order valence-corrected chi connectivity index (χ1v) is 8.27. The smallest absolute Gasteiger partial charge is 0.173 e. The maximum absolute atomic E-state index is 5.58. The molecule has 0 unspecified atom stereocenters. The molecule has 0 amide bonds. The van der Waals surface area contributed by atoms with Crippen molar-refractivity contribution in [1.82, 2.24) is 4.90 Å². The van der Waals surface area contributed by atoms with Gasteiger partial charge >= 0.3 is 0 Å². The fourth-order valence-corrected chi connectivity index (χ4v) is 3.10. The summed E-state index contributed by atoms with van der Waals surface area (Å²) in [6.45, 7) is 6.29. The average Bonchev–Trinajstić information content (AvgIpc) is 2.55. The number of rotatable bonds is 2. The lowest BCUT2D eigenvalue weighted by atomic mass is 10.0. The molecular weight excluding hydrogens is 288 g/mol. The Morgan fingerprint density at radius 1 is 1.05 bits per heavy atom. The highest BCUT2D eigenvalue weighted by Gasteiger charge is 2.17. The lowest BCUT2D eigenvalue weighted by Gasteiger charge is -2.31. The van der Waals surface area contributed by atoms with Crippen molar-refractivity contribution in [1.29, 1.82) is 0 Å². The maximum Gasteiger partial charge on any atom is 0.173 e. The van der Waals surface area contributed by atoms with Gasteiger partial charge in [0.2, 0.25) is 0 Å². The number of hydrogen-bond donors (Lipinski definition) is 1. The molecular formula is C19H22N2S. The predicted octanol–water partition coefficient (Wildman–Crippen LogP) is 4.57. The van der Waals surface area contributed by atoms with Crippen LogP contribution in [0.4, 0.5) is 5.69 Å². The Balaban J connectivity index is 1.65. The summed E-state index contributed by atoms with van der Waals surface area (Å²) in [7, 11) is 0. The summed E-state index contributed by atoms with van der Waals surface area (Å²) in [4.78, 5) is 2.24. The first-order valence-electron chi connectivity index (χ1n) is 7.86. The van der Waals surface area contributed by atoms with Gasteiger partial charge in [-0.15, -0.1) is 0 Å². The van der Waals surface area contributed by atoms with Crippen LogP contribution in [0.2, 0.25) is 0 Å². The molecule has 3 heteroatoms. The lowest BCUT2D eigenvalue weighted by Crippen LogP contribution is -2.38. The maximum atomic E-state index is 5.58. The molecule has 3 rings (SSSR count). The molecule has 1 aliphatic rings. The van der Waals surface area contributed by atoms with Gasteiger partial charge in [-0.05, 0) is 53.4 Å². The second-order valence-electron chi connectivity index (χ2n) is 6.15. The molecule has 0 fully saturated rings. The second kappa shape index (κ2) is 6.49. The van der Waals surface area contributed by atoms with E-state index in [0.29, 0.717) is 5.92 Å². The minimum absolute atomic E-state index is 0.555. The van der Waals surface area contributed by atoms with E-state index in [9.17, 15) is 0 Å². The number of hydrogen-bond acceptors (Lipinski definition) is 1. The normalized spacial score (nSPS) is 13.9. The molecule has 2 aromatic rings. The van der Waals surface area contributed by atoms with Crippen LogP contribution in [0.15, 0.2) is 48.5 Å². The zero-order valence-electron chi connectivity index (χ0n) is 13.2. The van der Waals surface area contributed by atoms with Crippen LogP contribution in [0.1, 0.15) is 36.5 Å². The summed E-state index contributed by atoms with van der Waals surface area (Å²) in [5, 5.41) is 4.18. The lowest BCUT2D eigenvalue weighted by molar-refractivity contribution is 0.399. The predicted molar refractivity (Wildman–Crippen MR) is 97.3 cm³/mol. The third-order valence-corrected chi connectivity index (χ3v) is 4.61. The molecule has 0 saturated carbocycles. The van der Waals surface area contributed by atoms with Crippen LogP contribution >= 0.6 is 12.2 Å². The van der Waals surface area contributed by atoms with Gasteiger partial charge in [-0.25, -0.2) is 0 Å². The topological polar surface area (TPSA) is 15.3 Å². The van der Waals surface area contributed by atoms with E-state index in [2.05, 4.69) is 72.6 Å². The highest BCUT2D eigenvalue weighted by molar-refractivity contribution is 7.80. The second-order valence-corrected chi connectivity index (χ2v) is 6.53. The molecule has 114 valence electrons. The van der Waals surface area contributed by atoms with Crippen LogP contribution in [-0.4, -0.2) is 16.6 Å². The summed E-state index contributed by atoms with van der Waals surface area (Å²) in [6.07, 6.45) is 1.06. The Morgan fingerprint density at radius 3 is 2.41 bits per heavy atom. The van der Waals surface area contributed by atoms with Crippen LogP contribution in [0.25, 0.3) is 0 Å². The van der Waals surface area contributed by atoms with Crippen molar-refractivity contribution in [2.45, 2.75) is 32.7 Å². The molecule has 0 saturated heterocycles. The van der Waals surface area contributed by atoms with Crippen molar-refractivity contribution in [3.63, 3.8) is 0 Å². The van der Waals surface area contributed by atoms with Crippen molar-refractivity contribution in [3.05, 3.63) is 65.2 Å². The quantitative estimate of drug-likeness (QED) is 0.818. The molecule has 2 aromatic carbocycles. The van der Waals surface area contributed by atoms with Crippen molar-refractivity contribution in [2.75, 3.05) is 11.9 Å². The third-order valence-electron chi connectivity index (χ3n) is 4.25. The van der Waals surface area contributed by atoms with Gasteiger partial charge in [-0.2, -0.15) is 0 Å². The van der Waals surface area contributed by atoms with Gasteiger partial charge in [0.1, 0.15) is 0 Å². The molecule has 1 aliphatic heterocycles. The van der Waals surface area contributed by atoms with Crippen LogP contribution in [0.3, 0.4) is 0 Å². The van der Waals surface area contributed by atoms with Gasteiger partial charge in [0.25, 0.3) is 0 Å². The van der Waals surface area contributed by atoms with Gasteiger partial charge in [0, 0.05) is 18.8 Å². The molecule has 0 atom stereocenters. The summed E-state index contributed by atoms with van der Waals surface area (Å²) >= 11 is 5.58. The van der Waals surface area contributed by atoms with Crippen LogP contribution in [-0.2, 0) is 13.0 Å². The number of nitrogens with zero attached hydrogens (tertiary/aromatic N) is 1. The van der Waals surface area contributed by atoms with E-state index in [1.54, 1.807) is 0 Å². The Morgan fingerprint density at radius 2 is 1.73 bits per heavy atom. The van der Waals surface area contributed by atoms with Gasteiger partial charge in [0.15, 0.2) is 5.11 Å². The summed E-state index contributed by atoms with van der Waals surface area (Å²) < 4.78 is 0. The zero-order chi connectivity index (χ0) is 15.5. The molecule has 1 heterocycles. The first kappa shape index (κ1) is 15.0. The molecule has 0 aliphatic carbocycles. The summed E-state index contributed by atoms with van der Waals surface area (Å²) in [6, 6.07) is 17.2. The Hall–Kier alpha value is -1.87. The standard InChI is InChI=1S/C19H22N2S/c1-14(2)15-7-9-18(10-8-15)20-19(22)21-12-11-16-5-3-4-6-17(16)13-21/h3-10,14H,11-13H2,1-2H3,(H,20,22). The fourth-order valence-electron chi connectivity index (χ4n) is 2.82. The monoisotopic (exact) mass is 310 g/mol. The SMILES string of the molecule is CC(C)c1ccc(NC(=S)N2CCc3ccccc3C2)cc1. The van der Waals surface area contributed by atoms with E-state index in [1.807, 2.05) is 0 Å². The van der Waals surface area contributed by atoms with E-state index in [1.165, 1.54) is 16.7 Å². The van der Waals surface area contributed by atoms with Crippen molar-refractivity contribution in [3.8, 4) is 0 Å². The highest BCUT2D eigenvalue weighted by Crippen LogP contribution is 2.21. The Labute approximate surface area is 138 Å². The van der Waals surface area contributed by atoms with E-state index >= 15 is 0 Å². The third kappa shape index (κ3) is 3.30. The van der Waals surface area contributed by atoms with Crippen molar-refractivity contribution >= 4 is 23.0 Å². The number of anilines is 1. The van der Waals surface area contributed by atoms with Crippen molar-refractivity contribution < 1.29 is 0 Å². The molecule has 22 heavy (non-hydrogen) atoms. The summed E-state index contributed by atoms with van der Waals surface area (Å²) in [5.74, 6) is 0.555. The number of thiocarbonyl (C=S) groups is 1. The minimum Gasteiger partial charge on any atom is -0.344 e. The van der Waals surface area contributed by atoms with Crippen LogP contribution in [0.5, 0.6) is 0 Å². The molecule has 0 aromatic heterocycles.